The molecule has 0 atom stereocenters. The van der Waals surface area contributed by atoms with Gasteiger partial charge in [0, 0.05) is 12.1 Å². The van der Waals surface area contributed by atoms with Gasteiger partial charge in [0.1, 0.15) is 35.2 Å². The molecular weight excluding hydrogens is 333 g/mol. The molecule has 0 aliphatic heterocycles. The molecule has 0 spiro atoms. The van der Waals surface area contributed by atoms with E-state index < -0.39 is 53.1 Å². The van der Waals surface area contributed by atoms with Crippen LogP contribution in [0.2, 0.25) is 0 Å². The number of amides is 2. The molecule has 0 unspecified atom stereocenters. The summed E-state index contributed by atoms with van der Waals surface area (Å²) in [6, 6.07) is 0.505. The predicted octanol–water partition coefficient (Wildman–Crippen LogP) is 2.07. The Morgan fingerprint density at radius 2 is 1.67 bits per heavy atom. The lowest BCUT2D eigenvalue weighted by Gasteiger charge is -2.25. The number of ether oxygens (including phenoxy) is 1. The maximum absolute atomic E-state index is 13.6. The van der Waals surface area contributed by atoms with Crippen molar-refractivity contribution in [2.45, 2.75) is 26.4 Å². The lowest BCUT2D eigenvalue weighted by molar-refractivity contribution is -0.138. The number of hydrazine groups is 1. The van der Waals surface area contributed by atoms with Gasteiger partial charge in [-0.1, -0.05) is 0 Å². The van der Waals surface area contributed by atoms with Gasteiger partial charge in [-0.3, -0.25) is 9.59 Å². The van der Waals surface area contributed by atoms with Gasteiger partial charge in [0.15, 0.2) is 0 Å². The maximum Gasteiger partial charge on any atom is 0.426 e. The summed E-state index contributed by atoms with van der Waals surface area (Å²) in [6.45, 7) is 3.42. The molecule has 0 aliphatic carbocycles. The SMILES string of the molecule is CC(C)(C)OC(=O)NN(CC(=O)O)C(=O)c1c(F)cc(F)cc1F. The van der Waals surface area contributed by atoms with Crippen LogP contribution >= 0.6 is 0 Å². The summed E-state index contributed by atoms with van der Waals surface area (Å²) in [5.74, 6) is -7.43. The highest BCUT2D eigenvalue weighted by atomic mass is 19.1. The van der Waals surface area contributed by atoms with E-state index in [1.807, 2.05) is 0 Å². The van der Waals surface area contributed by atoms with Crippen LogP contribution in [0.5, 0.6) is 0 Å². The number of carbonyl (C=O) groups is 3. The molecule has 2 N–H and O–H groups in total. The van der Waals surface area contributed by atoms with E-state index in [-0.39, 0.29) is 17.1 Å². The van der Waals surface area contributed by atoms with Gasteiger partial charge in [-0.25, -0.2) is 28.4 Å². The smallest absolute Gasteiger partial charge is 0.426 e. The van der Waals surface area contributed by atoms with Crippen molar-refractivity contribution < 1.29 is 37.4 Å². The van der Waals surface area contributed by atoms with Gasteiger partial charge in [-0.15, -0.1) is 0 Å². The Hall–Kier alpha value is -2.78. The van der Waals surface area contributed by atoms with Gasteiger partial charge < -0.3 is 9.84 Å². The van der Waals surface area contributed by atoms with Gasteiger partial charge in [0.25, 0.3) is 5.91 Å². The minimum absolute atomic E-state index is 0.149. The van der Waals surface area contributed by atoms with Crippen LogP contribution in [0.15, 0.2) is 12.1 Å². The lowest BCUT2D eigenvalue weighted by Crippen LogP contribution is -2.50. The number of rotatable bonds is 3. The minimum atomic E-state index is -1.57. The Morgan fingerprint density at radius 3 is 2.08 bits per heavy atom. The van der Waals surface area contributed by atoms with Crippen molar-refractivity contribution >= 4 is 18.0 Å². The quantitative estimate of drug-likeness (QED) is 0.816. The van der Waals surface area contributed by atoms with Crippen molar-refractivity contribution in [3.8, 4) is 0 Å². The average molecular weight is 348 g/mol. The fourth-order valence-electron chi connectivity index (χ4n) is 1.59. The molecule has 2 amide bonds. The maximum atomic E-state index is 13.6. The monoisotopic (exact) mass is 348 g/mol. The summed E-state index contributed by atoms with van der Waals surface area (Å²) < 4.78 is 45.0. The molecule has 0 heterocycles. The Kier molecular flexibility index (Phi) is 5.78. The normalized spacial score (nSPS) is 10.9. The highest BCUT2D eigenvalue weighted by Gasteiger charge is 2.28. The zero-order valence-electron chi connectivity index (χ0n) is 13.0. The largest absolute Gasteiger partial charge is 0.480 e. The first-order valence-electron chi connectivity index (χ1n) is 6.58. The number of nitrogens with zero attached hydrogens (tertiary/aromatic N) is 1. The number of nitrogens with one attached hydrogen (secondary N) is 1. The fraction of sp³-hybridized carbons (Fsp3) is 0.357. The Labute approximate surface area is 135 Å². The first-order valence-corrected chi connectivity index (χ1v) is 6.58. The van der Waals surface area contributed by atoms with Crippen molar-refractivity contribution in [2.75, 3.05) is 6.54 Å². The van der Waals surface area contributed by atoms with Crippen LogP contribution in [0.3, 0.4) is 0 Å². The van der Waals surface area contributed by atoms with Gasteiger partial charge in [-0.2, -0.15) is 0 Å². The summed E-state index contributed by atoms with van der Waals surface area (Å²) in [4.78, 5) is 34.6. The Balaban J connectivity index is 3.10. The van der Waals surface area contributed by atoms with Crippen LogP contribution in [0, 0.1) is 17.5 Å². The number of hydrogen-bond acceptors (Lipinski definition) is 4. The van der Waals surface area contributed by atoms with Crippen LogP contribution in [-0.2, 0) is 9.53 Å². The summed E-state index contributed by atoms with van der Waals surface area (Å²) in [7, 11) is 0. The third kappa shape index (κ3) is 5.45. The van der Waals surface area contributed by atoms with E-state index in [2.05, 4.69) is 0 Å². The second-order valence-corrected chi connectivity index (χ2v) is 5.64. The number of aliphatic carboxylic acids is 1. The first-order chi connectivity index (χ1) is 10.9. The zero-order valence-corrected chi connectivity index (χ0v) is 13.0. The van der Waals surface area contributed by atoms with Gasteiger partial charge >= 0.3 is 12.1 Å². The molecule has 1 aromatic rings. The molecule has 0 fully saturated rings. The molecule has 0 saturated carbocycles. The summed E-state index contributed by atoms with van der Waals surface area (Å²) in [5.41, 5.74) is -0.391. The van der Waals surface area contributed by atoms with Crippen molar-refractivity contribution in [1.29, 1.82) is 0 Å². The van der Waals surface area contributed by atoms with E-state index in [1.54, 1.807) is 5.43 Å². The fourth-order valence-corrected chi connectivity index (χ4v) is 1.59. The van der Waals surface area contributed by atoms with Gasteiger partial charge in [-0.05, 0) is 20.8 Å². The van der Waals surface area contributed by atoms with E-state index in [0.29, 0.717) is 0 Å². The standard InChI is InChI=1S/C14H15F3N2O5/c1-14(2,3)24-13(23)18-19(6-10(20)21)12(22)11-8(16)4-7(15)5-9(11)17/h4-5H,6H2,1-3H3,(H,18,23)(H,20,21). The van der Waals surface area contributed by atoms with Gasteiger partial charge in [0.05, 0.1) is 0 Å². The van der Waals surface area contributed by atoms with Crippen molar-refractivity contribution in [3.05, 3.63) is 35.1 Å². The number of hydrogen-bond donors (Lipinski definition) is 2. The van der Waals surface area contributed by atoms with Crippen LogP contribution in [0.4, 0.5) is 18.0 Å². The highest BCUT2D eigenvalue weighted by Crippen LogP contribution is 2.17. The number of halogens is 3. The summed E-state index contributed by atoms with van der Waals surface area (Å²) in [5, 5.41) is 8.92. The highest BCUT2D eigenvalue weighted by molar-refractivity contribution is 5.97. The second-order valence-electron chi connectivity index (χ2n) is 5.64. The molecule has 0 radical (unpaired) electrons. The molecule has 7 nitrogen and oxygen atoms in total. The lowest BCUT2D eigenvalue weighted by atomic mass is 10.1. The van der Waals surface area contributed by atoms with Gasteiger partial charge in [0.2, 0.25) is 0 Å². The third-order valence-corrected chi connectivity index (χ3v) is 2.38. The van der Waals surface area contributed by atoms with Crippen LogP contribution in [0.1, 0.15) is 31.1 Å². The van der Waals surface area contributed by atoms with Crippen molar-refractivity contribution in [1.82, 2.24) is 10.4 Å². The first kappa shape index (κ1) is 19.3. The summed E-state index contributed by atoms with van der Waals surface area (Å²) in [6.07, 6.45) is -1.21. The second kappa shape index (κ2) is 7.20. The van der Waals surface area contributed by atoms with Crippen LogP contribution < -0.4 is 5.43 Å². The number of carboxylic acids is 1. The van der Waals surface area contributed by atoms with Crippen LogP contribution in [-0.4, -0.2) is 40.2 Å². The molecule has 132 valence electrons. The zero-order chi connectivity index (χ0) is 18.7. The van der Waals surface area contributed by atoms with Crippen LogP contribution in [0.25, 0.3) is 0 Å². The Morgan fingerprint density at radius 1 is 1.17 bits per heavy atom. The minimum Gasteiger partial charge on any atom is -0.480 e. The molecule has 10 heteroatoms. The topological polar surface area (TPSA) is 95.9 Å². The number of carboxylic acid groups (broad SMARTS) is 1. The molecule has 0 saturated heterocycles. The number of carbonyl (C=O) groups excluding carboxylic acids is 2. The summed E-state index contributed by atoms with van der Waals surface area (Å²) >= 11 is 0. The molecule has 0 aliphatic rings. The van der Waals surface area contributed by atoms with E-state index in [4.69, 9.17) is 9.84 Å². The molecular formula is C14H15F3N2O5. The van der Waals surface area contributed by atoms with Crippen molar-refractivity contribution in [2.24, 2.45) is 0 Å². The Bertz CT molecular complexity index is 650. The average Bonchev–Trinajstić information content (AvgIpc) is 2.33. The molecule has 0 bridgehead atoms. The molecule has 1 aromatic carbocycles. The predicted molar refractivity (Wildman–Crippen MR) is 74.4 cm³/mol. The van der Waals surface area contributed by atoms with E-state index in [9.17, 15) is 27.6 Å². The van der Waals surface area contributed by atoms with Crippen molar-refractivity contribution in [3.63, 3.8) is 0 Å². The van der Waals surface area contributed by atoms with E-state index >= 15 is 0 Å². The number of benzene rings is 1. The molecule has 0 aromatic heterocycles. The molecule has 1 rings (SSSR count). The molecule has 24 heavy (non-hydrogen) atoms. The van der Waals surface area contributed by atoms with E-state index in [0.717, 1.165) is 0 Å². The third-order valence-electron chi connectivity index (χ3n) is 2.38. The van der Waals surface area contributed by atoms with E-state index in [1.165, 1.54) is 20.8 Å².